The van der Waals surface area contributed by atoms with Crippen LogP contribution in [-0.4, -0.2) is 18.0 Å². The minimum absolute atomic E-state index is 0.107. The van der Waals surface area contributed by atoms with E-state index in [9.17, 15) is 10.1 Å². The second-order valence-corrected chi connectivity index (χ2v) is 9.84. The first kappa shape index (κ1) is 23.6. The highest BCUT2D eigenvalue weighted by Crippen LogP contribution is 2.44. The van der Waals surface area contributed by atoms with E-state index in [0.717, 1.165) is 41.6 Å². The van der Waals surface area contributed by atoms with Crippen molar-refractivity contribution in [2.75, 3.05) is 16.8 Å². The van der Waals surface area contributed by atoms with Crippen molar-refractivity contribution >= 4 is 23.4 Å². The zero-order valence-electron chi connectivity index (χ0n) is 20.5. The highest BCUT2D eigenvalue weighted by atomic mass is 16.1. The molecular formula is C28H35N3O. The molecule has 3 rings (SSSR count). The van der Waals surface area contributed by atoms with Crippen LogP contribution in [0.1, 0.15) is 74.3 Å². The summed E-state index contributed by atoms with van der Waals surface area (Å²) in [6, 6.07) is 12.4. The molecular weight excluding hydrogens is 394 g/mol. The number of carbonyl (C=O) groups is 1. The first-order valence-electron chi connectivity index (χ1n) is 11.5. The smallest absolute Gasteiger partial charge is 0.266 e. The number of amides is 1. The van der Waals surface area contributed by atoms with Crippen molar-refractivity contribution in [1.82, 2.24) is 0 Å². The molecule has 2 aromatic rings. The van der Waals surface area contributed by atoms with Gasteiger partial charge in [0, 0.05) is 23.5 Å². The Morgan fingerprint density at radius 2 is 1.84 bits per heavy atom. The summed E-state index contributed by atoms with van der Waals surface area (Å²) < 4.78 is 0. The summed E-state index contributed by atoms with van der Waals surface area (Å²) in [6.07, 6.45) is 3.89. The molecule has 0 saturated heterocycles. The van der Waals surface area contributed by atoms with Crippen LogP contribution in [0.5, 0.6) is 0 Å². The molecule has 0 aliphatic carbocycles. The number of carbonyl (C=O) groups excluding carboxylic acids is 1. The Hall–Kier alpha value is -3.06. The van der Waals surface area contributed by atoms with Crippen LogP contribution < -0.4 is 10.2 Å². The van der Waals surface area contributed by atoms with Crippen LogP contribution in [0.15, 0.2) is 35.9 Å². The fourth-order valence-electron chi connectivity index (χ4n) is 5.00. The Labute approximate surface area is 192 Å². The number of nitrogens with one attached hydrogen (secondary N) is 1. The van der Waals surface area contributed by atoms with Gasteiger partial charge in [-0.2, -0.15) is 5.26 Å². The average Bonchev–Trinajstić information content (AvgIpc) is 2.68. The van der Waals surface area contributed by atoms with E-state index in [1.807, 2.05) is 26.0 Å². The summed E-state index contributed by atoms with van der Waals surface area (Å²) >= 11 is 0. The molecule has 1 unspecified atom stereocenters. The fourth-order valence-corrected chi connectivity index (χ4v) is 5.00. The molecule has 2 aromatic carbocycles. The summed E-state index contributed by atoms with van der Waals surface area (Å²) in [6.45, 7) is 16.2. The highest BCUT2D eigenvalue weighted by molar-refractivity contribution is 6.09. The fraction of sp³-hybridized carbons (Fsp3) is 0.429. The van der Waals surface area contributed by atoms with Gasteiger partial charge in [-0.3, -0.25) is 4.79 Å². The monoisotopic (exact) mass is 429 g/mol. The molecule has 1 N–H and O–H groups in total. The van der Waals surface area contributed by atoms with Gasteiger partial charge in [0.1, 0.15) is 11.6 Å². The molecule has 1 amide bonds. The lowest BCUT2D eigenvalue weighted by molar-refractivity contribution is -0.112. The van der Waals surface area contributed by atoms with Crippen molar-refractivity contribution in [1.29, 1.82) is 5.26 Å². The van der Waals surface area contributed by atoms with Crippen LogP contribution in [0.2, 0.25) is 0 Å². The molecule has 1 aliphatic rings. The third-order valence-electron chi connectivity index (χ3n) is 6.37. The van der Waals surface area contributed by atoms with Crippen molar-refractivity contribution in [2.24, 2.45) is 0 Å². The lowest BCUT2D eigenvalue weighted by Crippen LogP contribution is -2.48. The second-order valence-electron chi connectivity index (χ2n) is 9.84. The van der Waals surface area contributed by atoms with Gasteiger partial charge < -0.3 is 10.2 Å². The summed E-state index contributed by atoms with van der Waals surface area (Å²) in [5.41, 5.74) is 7.65. The van der Waals surface area contributed by atoms with Crippen LogP contribution in [0, 0.1) is 32.1 Å². The summed E-state index contributed by atoms with van der Waals surface area (Å²) in [4.78, 5) is 15.4. The molecule has 168 valence electrons. The van der Waals surface area contributed by atoms with Crippen molar-refractivity contribution in [3.8, 4) is 6.07 Å². The minimum Gasteiger partial charge on any atom is -0.366 e. The molecule has 0 aromatic heterocycles. The van der Waals surface area contributed by atoms with Crippen LogP contribution >= 0.6 is 0 Å². The van der Waals surface area contributed by atoms with E-state index in [1.165, 1.54) is 11.3 Å². The largest absolute Gasteiger partial charge is 0.366 e. The number of nitriles is 1. The topological polar surface area (TPSA) is 56.1 Å². The van der Waals surface area contributed by atoms with Gasteiger partial charge in [-0.15, -0.1) is 0 Å². The summed E-state index contributed by atoms with van der Waals surface area (Å²) in [7, 11) is 0. The lowest BCUT2D eigenvalue weighted by Gasteiger charge is -2.48. The van der Waals surface area contributed by atoms with Crippen LogP contribution in [0.4, 0.5) is 11.4 Å². The maximum absolute atomic E-state index is 12.8. The molecule has 1 heterocycles. The number of rotatable bonds is 5. The van der Waals surface area contributed by atoms with Gasteiger partial charge in [-0.25, -0.2) is 0 Å². The van der Waals surface area contributed by atoms with Crippen molar-refractivity contribution in [3.05, 3.63) is 63.7 Å². The van der Waals surface area contributed by atoms with Crippen LogP contribution in [0.25, 0.3) is 6.08 Å². The Morgan fingerprint density at radius 3 is 2.44 bits per heavy atom. The predicted octanol–water partition coefficient (Wildman–Crippen LogP) is 6.66. The van der Waals surface area contributed by atoms with Crippen LogP contribution in [-0.2, 0) is 4.79 Å². The molecule has 0 bridgehead atoms. The van der Waals surface area contributed by atoms with Gasteiger partial charge in [-0.1, -0.05) is 19.9 Å². The first-order valence-corrected chi connectivity index (χ1v) is 11.5. The van der Waals surface area contributed by atoms with E-state index < -0.39 is 0 Å². The molecule has 0 spiro atoms. The molecule has 1 aliphatic heterocycles. The number of nitrogens with zero attached hydrogens (tertiary/aromatic N) is 2. The molecule has 0 radical (unpaired) electrons. The van der Waals surface area contributed by atoms with E-state index in [2.05, 4.69) is 69.1 Å². The maximum Gasteiger partial charge on any atom is 0.266 e. The Morgan fingerprint density at radius 1 is 1.19 bits per heavy atom. The van der Waals surface area contributed by atoms with Gasteiger partial charge in [-0.05, 0) is 112 Å². The third-order valence-corrected chi connectivity index (χ3v) is 6.37. The van der Waals surface area contributed by atoms with E-state index in [0.29, 0.717) is 11.6 Å². The van der Waals surface area contributed by atoms with Gasteiger partial charge in [0.15, 0.2) is 0 Å². The van der Waals surface area contributed by atoms with E-state index in [4.69, 9.17) is 0 Å². The molecule has 4 heteroatoms. The van der Waals surface area contributed by atoms with Gasteiger partial charge in [0.25, 0.3) is 5.91 Å². The van der Waals surface area contributed by atoms with Gasteiger partial charge >= 0.3 is 0 Å². The molecule has 0 saturated carbocycles. The molecule has 4 nitrogen and oxygen atoms in total. The van der Waals surface area contributed by atoms with Crippen LogP contribution in [0.3, 0.4) is 0 Å². The average molecular weight is 430 g/mol. The molecule has 32 heavy (non-hydrogen) atoms. The van der Waals surface area contributed by atoms with Crippen molar-refractivity contribution in [3.63, 3.8) is 0 Å². The van der Waals surface area contributed by atoms with Crippen molar-refractivity contribution in [2.45, 2.75) is 72.8 Å². The Bertz CT molecular complexity index is 1080. The summed E-state index contributed by atoms with van der Waals surface area (Å²) in [5.74, 6) is 0.0342. The Kier molecular flexibility index (Phi) is 6.79. The number of hydrogen-bond donors (Lipinski definition) is 1. The van der Waals surface area contributed by atoms with Gasteiger partial charge in [0.2, 0.25) is 0 Å². The quantitative estimate of drug-likeness (QED) is 0.427. The molecule has 0 fully saturated rings. The lowest BCUT2D eigenvalue weighted by atomic mass is 9.78. The minimum atomic E-state index is -0.378. The third kappa shape index (κ3) is 4.88. The molecule has 1 atom stereocenters. The predicted molar refractivity (Wildman–Crippen MR) is 134 cm³/mol. The Balaban J connectivity index is 1.97. The normalized spacial score (nSPS) is 17.5. The number of benzene rings is 2. The number of anilines is 2. The number of fused-ring (bicyclic) bond motifs is 1. The zero-order chi connectivity index (χ0) is 23.6. The number of hydrogen-bond acceptors (Lipinski definition) is 3. The van der Waals surface area contributed by atoms with E-state index in [1.54, 1.807) is 6.08 Å². The first-order chi connectivity index (χ1) is 15.1. The highest BCUT2D eigenvalue weighted by Gasteiger charge is 2.36. The van der Waals surface area contributed by atoms with Gasteiger partial charge in [0.05, 0.1) is 0 Å². The van der Waals surface area contributed by atoms with Crippen molar-refractivity contribution < 1.29 is 4.79 Å². The maximum atomic E-state index is 12.8. The van der Waals surface area contributed by atoms with E-state index in [-0.39, 0.29) is 17.0 Å². The van der Waals surface area contributed by atoms with E-state index >= 15 is 0 Å². The zero-order valence-corrected chi connectivity index (χ0v) is 20.5. The summed E-state index contributed by atoms with van der Waals surface area (Å²) in [5, 5.41) is 12.6. The standard InChI is InChI=1S/C28H35N3O/c1-8-9-31-26-13-20(4)22(15-25(26)21(5)16-28(31,6)7)14-23(17-29)27(32)30-24-11-18(2)10-19(3)12-24/h10-15,21H,8-9,16H2,1-7H3,(H,30,32)/b23-14+. The second kappa shape index (κ2) is 9.20. The number of aryl methyl sites for hydroxylation is 3. The SMILES string of the molecule is CCCN1c2cc(C)c(/C=C(\C#N)C(=O)Nc3cc(C)cc(C)c3)cc2C(C)CC1(C)C.